The number of anilines is 3. The molecular weight excluding hydrogens is 347 g/mol. The van der Waals surface area contributed by atoms with Gasteiger partial charge in [0.15, 0.2) is 0 Å². The second-order valence-corrected chi connectivity index (χ2v) is 6.29. The van der Waals surface area contributed by atoms with Gasteiger partial charge >= 0.3 is 5.95 Å². The maximum atomic E-state index is 13.7. The van der Waals surface area contributed by atoms with E-state index in [1.54, 1.807) is 17.6 Å². The van der Waals surface area contributed by atoms with Crippen molar-refractivity contribution in [2.24, 2.45) is 0 Å². The molecule has 2 aromatic carbocycles. The minimum Gasteiger partial charge on any atom is -0.382 e. The average molecular weight is 365 g/mol. The summed E-state index contributed by atoms with van der Waals surface area (Å²) in [7, 11) is 0. The van der Waals surface area contributed by atoms with Gasteiger partial charge in [-0.15, -0.1) is 0 Å². The lowest BCUT2D eigenvalue weighted by atomic mass is 10.2. The van der Waals surface area contributed by atoms with E-state index in [4.69, 9.17) is 5.73 Å². The number of aromatic nitrogens is 4. The van der Waals surface area contributed by atoms with E-state index in [9.17, 15) is 9.60 Å². The van der Waals surface area contributed by atoms with Crippen LogP contribution in [0, 0.1) is 19.7 Å². The zero-order valence-electron chi connectivity index (χ0n) is 14.8. The van der Waals surface area contributed by atoms with Gasteiger partial charge < -0.3 is 10.9 Å². The molecule has 0 saturated carbocycles. The van der Waals surface area contributed by atoms with Gasteiger partial charge in [0, 0.05) is 6.07 Å². The fraction of sp³-hybridized carbons (Fsp3) is 0.105. The number of nitrogen functional groups attached to an aromatic ring is 1. The van der Waals surface area contributed by atoms with Crippen LogP contribution in [0.3, 0.4) is 0 Å². The average Bonchev–Trinajstić information content (AvgIpc) is 2.95. The molecule has 0 radical (unpaired) electrons. The summed E-state index contributed by atoms with van der Waals surface area (Å²) in [4.78, 5) is 8.89. The van der Waals surface area contributed by atoms with E-state index in [0.29, 0.717) is 22.7 Å². The smallest absolute Gasteiger partial charge is 0.382 e. The molecular formula is C19H18FN6O+. The highest BCUT2D eigenvalue weighted by atomic mass is 19.1. The van der Waals surface area contributed by atoms with Gasteiger partial charge in [-0.3, -0.25) is 9.88 Å². The third kappa shape index (κ3) is 3.01. The van der Waals surface area contributed by atoms with Crippen molar-refractivity contribution in [3.8, 4) is 5.82 Å². The number of nitrogens with two attached hydrogens (primary N) is 1. The molecule has 27 heavy (non-hydrogen) atoms. The Morgan fingerprint density at radius 2 is 1.81 bits per heavy atom. The van der Waals surface area contributed by atoms with Gasteiger partial charge in [0.25, 0.3) is 0 Å². The molecule has 0 fully saturated rings. The number of nitrogens with one attached hydrogen (secondary N) is 1. The van der Waals surface area contributed by atoms with Gasteiger partial charge in [0.2, 0.25) is 11.6 Å². The van der Waals surface area contributed by atoms with Gasteiger partial charge in [-0.05, 0) is 42.8 Å². The second kappa shape index (κ2) is 6.24. The molecule has 0 aliphatic carbocycles. The first-order valence-corrected chi connectivity index (χ1v) is 8.33. The van der Waals surface area contributed by atoms with Crippen LogP contribution >= 0.6 is 0 Å². The van der Waals surface area contributed by atoms with Gasteiger partial charge in [0.1, 0.15) is 11.6 Å². The molecule has 0 aliphatic heterocycles. The van der Waals surface area contributed by atoms with Gasteiger partial charge in [0.05, 0.1) is 22.8 Å². The third-order valence-electron chi connectivity index (χ3n) is 4.26. The highest BCUT2D eigenvalue weighted by Gasteiger charge is 2.20. The lowest BCUT2D eigenvalue weighted by Gasteiger charge is -2.09. The number of imidazole rings is 1. The molecule has 0 saturated heterocycles. The van der Waals surface area contributed by atoms with Crippen LogP contribution in [-0.2, 0) is 0 Å². The summed E-state index contributed by atoms with van der Waals surface area (Å²) in [5.74, 6) is 0.874. The normalized spacial score (nSPS) is 11.1. The number of nitrogens with zero attached hydrogens (tertiary/aromatic N) is 4. The summed E-state index contributed by atoms with van der Waals surface area (Å²) < 4.78 is 16.2. The largest absolute Gasteiger partial charge is 0.390 e. The summed E-state index contributed by atoms with van der Waals surface area (Å²) in [5.41, 5.74) is 9.02. The van der Waals surface area contributed by atoms with Crippen LogP contribution in [0.1, 0.15) is 11.4 Å². The first-order valence-electron chi connectivity index (χ1n) is 8.33. The minimum absolute atomic E-state index is 0.0762. The lowest BCUT2D eigenvalue weighted by Crippen LogP contribution is -2.38. The van der Waals surface area contributed by atoms with Crippen molar-refractivity contribution >= 4 is 28.5 Å². The summed E-state index contributed by atoms with van der Waals surface area (Å²) in [6.45, 7) is 3.78. The van der Waals surface area contributed by atoms with Crippen molar-refractivity contribution in [2.45, 2.75) is 13.8 Å². The van der Waals surface area contributed by atoms with E-state index >= 15 is 0 Å². The Labute approximate surface area is 154 Å². The van der Waals surface area contributed by atoms with Crippen LogP contribution in [0.4, 0.5) is 21.8 Å². The number of halogens is 1. The van der Waals surface area contributed by atoms with Crippen LogP contribution in [0.25, 0.3) is 16.9 Å². The van der Waals surface area contributed by atoms with E-state index in [0.717, 1.165) is 16.0 Å². The number of hydrogen-bond donors (Lipinski definition) is 3. The molecule has 136 valence electrons. The predicted molar refractivity (Wildman–Crippen MR) is 99.8 cm³/mol. The quantitative estimate of drug-likeness (QED) is 0.383. The van der Waals surface area contributed by atoms with E-state index < -0.39 is 0 Å². The van der Waals surface area contributed by atoms with Crippen LogP contribution in [0.2, 0.25) is 0 Å². The van der Waals surface area contributed by atoms with Crippen LogP contribution < -0.4 is 15.8 Å². The summed E-state index contributed by atoms with van der Waals surface area (Å²) >= 11 is 0. The number of benzene rings is 2. The molecule has 2 aromatic heterocycles. The topological polar surface area (TPSA) is 92.9 Å². The van der Waals surface area contributed by atoms with Crippen molar-refractivity contribution < 1.29 is 14.3 Å². The fourth-order valence-corrected chi connectivity index (χ4v) is 2.92. The fourth-order valence-electron chi connectivity index (χ4n) is 2.92. The molecule has 4 N–H and O–H groups in total. The molecule has 0 unspecified atom stereocenters. The Morgan fingerprint density at radius 1 is 1.07 bits per heavy atom. The lowest BCUT2D eigenvalue weighted by molar-refractivity contribution is -0.883. The van der Waals surface area contributed by atoms with Gasteiger partial charge in [-0.2, -0.15) is 0 Å². The monoisotopic (exact) mass is 365 g/mol. The van der Waals surface area contributed by atoms with Crippen molar-refractivity contribution in [3.63, 3.8) is 0 Å². The zero-order chi connectivity index (χ0) is 19.1. The molecule has 4 aromatic rings. The first kappa shape index (κ1) is 16.8. The molecule has 0 spiro atoms. The van der Waals surface area contributed by atoms with Gasteiger partial charge in [-0.25, -0.2) is 9.37 Å². The maximum Gasteiger partial charge on any atom is 0.390 e. The Balaban J connectivity index is 1.85. The molecule has 0 atom stereocenters. The van der Waals surface area contributed by atoms with Crippen LogP contribution in [-0.4, -0.2) is 19.7 Å². The molecule has 2 heterocycles. The first-order chi connectivity index (χ1) is 12.9. The van der Waals surface area contributed by atoms with Crippen molar-refractivity contribution in [1.29, 1.82) is 0 Å². The summed E-state index contributed by atoms with van der Waals surface area (Å²) in [6, 6.07) is 13.5. The highest BCUT2D eigenvalue weighted by molar-refractivity contribution is 5.78. The van der Waals surface area contributed by atoms with Crippen molar-refractivity contribution in [2.75, 3.05) is 11.1 Å². The molecule has 0 aliphatic rings. The second-order valence-electron chi connectivity index (χ2n) is 6.29. The Morgan fingerprint density at radius 3 is 2.56 bits per heavy atom. The Kier molecular flexibility index (Phi) is 3.88. The molecule has 0 bridgehead atoms. The van der Waals surface area contributed by atoms with E-state index in [1.807, 2.05) is 31.2 Å². The Bertz CT molecular complexity index is 1150. The molecule has 8 heteroatoms. The van der Waals surface area contributed by atoms with Crippen LogP contribution in [0.5, 0.6) is 0 Å². The zero-order valence-corrected chi connectivity index (χ0v) is 14.8. The van der Waals surface area contributed by atoms with Gasteiger partial charge in [-0.1, -0.05) is 22.7 Å². The SMILES string of the molecule is Cc1ccc(Nc2nc(-n3c(C)nc4ccc(F)cc43)cc(N)[n+]2O)cc1. The van der Waals surface area contributed by atoms with Crippen molar-refractivity contribution in [1.82, 2.24) is 14.5 Å². The summed E-state index contributed by atoms with van der Waals surface area (Å²) in [6.07, 6.45) is 0. The molecule has 7 nitrogen and oxygen atoms in total. The minimum atomic E-state index is -0.372. The predicted octanol–water partition coefficient (Wildman–Crippen LogP) is 3.03. The number of rotatable bonds is 3. The van der Waals surface area contributed by atoms with Crippen LogP contribution in [0.15, 0.2) is 48.5 Å². The van der Waals surface area contributed by atoms with E-state index in [2.05, 4.69) is 15.3 Å². The van der Waals surface area contributed by atoms with Crippen molar-refractivity contribution in [3.05, 3.63) is 65.7 Å². The highest BCUT2D eigenvalue weighted by Crippen LogP contribution is 2.23. The third-order valence-corrected chi connectivity index (χ3v) is 4.26. The number of aryl methyl sites for hydroxylation is 2. The Hall–Kier alpha value is -3.68. The standard InChI is InChI=1S/C19H17FN6O/c1-11-3-6-14(7-4-11)23-19-24-18(10-17(21)26(19)27)25-12(2)22-15-8-5-13(20)9-16(15)25/h3-10,27H,1-2H3,(H2,21,23,24)/p+1. The number of hydrogen-bond acceptors (Lipinski definition) is 5. The summed E-state index contributed by atoms with van der Waals surface area (Å²) in [5, 5.41) is 13.3. The van der Waals surface area contributed by atoms with E-state index in [-0.39, 0.29) is 17.6 Å². The van der Waals surface area contributed by atoms with E-state index in [1.165, 1.54) is 18.2 Å². The molecule has 4 rings (SSSR count). The maximum absolute atomic E-state index is 13.7. The molecule has 0 amide bonds. The number of fused-ring (bicyclic) bond motifs is 1.